The van der Waals surface area contributed by atoms with Crippen molar-refractivity contribution in [1.82, 2.24) is 10.2 Å². The lowest BCUT2D eigenvalue weighted by Crippen LogP contribution is -2.40. The minimum absolute atomic E-state index is 0.000559. The molecule has 4 heterocycles. The number of hydrogen-bond donors (Lipinski definition) is 1. The highest BCUT2D eigenvalue weighted by atomic mass is 32.2. The number of carbonyl (C=O) groups excluding carboxylic acids is 1. The summed E-state index contributed by atoms with van der Waals surface area (Å²) < 4.78 is 26.4. The number of aliphatic imine (C=N–C) groups is 1. The van der Waals surface area contributed by atoms with Gasteiger partial charge in [-0.2, -0.15) is 0 Å². The monoisotopic (exact) mass is 471 g/mol. The molecular formula is C27H25N3O3S. The van der Waals surface area contributed by atoms with Crippen molar-refractivity contribution in [1.29, 1.82) is 0 Å². The second kappa shape index (κ2) is 8.09. The number of dihydropyridines is 1. The standard InChI is InChI=1S/C27H25N3O3S/c31-27(23-15-28-16-24-21(23)9-12-29-24)30-13-10-18(11-14-30)26-20-6-2-1-5-19(20)17-34(32,33)25-8-4-3-7-22(25)26/h1-9,12,15,24,29H,10-11,13-14,16-17H2. The van der Waals surface area contributed by atoms with Crippen molar-refractivity contribution in [2.45, 2.75) is 29.5 Å². The van der Waals surface area contributed by atoms with Gasteiger partial charge in [-0.25, -0.2) is 8.42 Å². The van der Waals surface area contributed by atoms with E-state index in [1.165, 1.54) is 5.57 Å². The molecule has 1 atom stereocenters. The Balaban J connectivity index is 1.37. The third-order valence-corrected chi connectivity index (χ3v) is 8.83. The second-order valence-corrected chi connectivity index (χ2v) is 11.1. The molecule has 1 saturated heterocycles. The summed E-state index contributed by atoms with van der Waals surface area (Å²) in [5.74, 6) is 0.0192. The summed E-state index contributed by atoms with van der Waals surface area (Å²) in [6, 6.07) is 15.2. The fourth-order valence-corrected chi connectivity index (χ4v) is 7.04. The maximum absolute atomic E-state index is 13.3. The smallest absolute Gasteiger partial charge is 0.255 e. The molecule has 1 N–H and O–H groups in total. The summed E-state index contributed by atoms with van der Waals surface area (Å²) in [5, 5.41) is 3.25. The van der Waals surface area contributed by atoms with Crippen LogP contribution >= 0.6 is 0 Å². The number of hydrogen-bond acceptors (Lipinski definition) is 5. The van der Waals surface area contributed by atoms with E-state index in [1.54, 1.807) is 18.3 Å². The zero-order chi connectivity index (χ0) is 23.3. The van der Waals surface area contributed by atoms with Crippen LogP contribution in [0.5, 0.6) is 0 Å². The van der Waals surface area contributed by atoms with Gasteiger partial charge >= 0.3 is 0 Å². The molecule has 4 aliphatic rings. The van der Waals surface area contributed by atoms with Gasteiger partial charge in [-0.05, 0) is 53.5 Å². The maximum Gasteiger partial charge on any atom is 0.255 e. The molecule has 1 amide bonds. The molecule has 0 saturated carbocycles. The predicted octanol–water partition coefficient (Wildman–Crippen LogP) is 3.26. The molecule has 0 spiro atoms. The van der Waals surface area contributed by atoms with Crippen molar-refractivity contribution in [2.75, 3.05) is 19.6 Å². The molecule has 172 valence electrons. The van der Waals surface area contributed by atoms with Gasteiger partial charge in [-0.15, -0.1) is 0 Å². The molecule has 7 heteroatoms. The molecule has 1 unspecified atom stereocenters. The van der Waals surface area contributed by atoms with E-state index >= 15 is 0 Å². The number of nitrogens with zero attached hydrogens (tertiary/aromatic N) is 2. The van der Waals surface area contributed by atoms with Crippen molar-refractivity contribution in [3.63, 3.8) is 0 Å². The van der Waals surface area contributed by atoms with E-state index in [9.17, 15) is 13.2 Å². The summed E-state index contributed by atoms with van der Waals surface area (Å²) in [6.45, 7) is 1.85. The summed E-state index contributed by atoms with van der Waals surface area (Å²) in [5.41, 5.74) is 6.50. The number of benzene rings is 2. The van der Waals surface area contributed by atoms with Gasteiger partial charge in [-0.1, -0.05) is 48.0 Å². The van der Waals surface area contributed by atoms with Gasteiger partial charge in [0.2, 0.25) is 0 Å². The zero-order valence-electron chi connectivity index (χ0n) is 18.7. The fraction of sp³-hybridized carbons (Fsp3) is 0.259. The van der Waals surface area contributed by atoms with E-state index in [2.05, 4.69) is 10.3 Å². The number of fused-ring (bicyclic) bond motifs is 3. The van der Waals surface area contributed by atoms with Crippen LogP contribution < -0.4 is 5.32 Å². The molecule has 0 aromatic heterocycles. The molecule has 6 rings (SSSR count). The minimum Gasteiger partial charge on any atom is -0.382 e. The third-order valence-electron chi connectivity index (χ3n) is 7.12. The highest BCUT2D eigenvalue weighted by molar-refractivity contribution is 7.90. The number of carbonyl (C=O) groups is 1. The Bertz CT molecular complexity index is 1420. The van der Waals surface area contributed by atoms with Crippen LogP contribution in [0.3, 0.4) is 0 Å². The zero-order valence-corrected chi connectivity index (χ0v) is 19.5. The minimum atomic E-state index is -3.44. The summed E-state index contributed by atoms with van der Waals surface area (Å²) in [6.07, 6.45) is 6.99. The molecule has 0 radical (unpaired) electrons. The first-order chi connectivity index (χ1) is 16.5. The van der Waals surface area contributed by atoms with Gasteiger partial charge < -0.3 is 10.2 Å². The van der Waals surface area contributed by atoms with E-state index in [4.69, 9.17) is 0 Å². The van der Waals surface area contributed by atoms with Crippen LogP contribution in [0.4, 0.5) is 0 Å². The largest absolute Gasteiger partial charge is 0.382 e. The number of rotatable bonds is 1. The van der Waals surface area contributed by atoms with Gasteiger partial charge in [0, 0.05) is 24.9 Å². The number of sulfone groups is 1. The Morgan fingerprint density at radius 1 is 1.00 bits per heavy atom. The van der Waals surface area contributed by atoms with Crippen LogP contribution in [0.1, 0.15) is 29.5 Å². The average Bonchev–Trinajstić information content (AvgIpc) is 3.31. The molecule has 1 fully saturated rings. The van der Waals surface area contributed by atoms with Crippen LogP contribution in [0.25, 0.3) is 5.57 Å². The molecule has 34 heavy (non-hydrogen) atoms. The Hall–Kier alpha value is -3.45. The van der Waals surface area contributed by atoms with E-state index < -0.39 is 9.84 Å². The van der Waals surface area contributed by atoms with Gasteiger partial charge in [0.25, 0.3) is 5.91 Å². The van der Waals surface area contributed by atoms with E-state index in [0.29, 0.717) is 42.9 Å². The number of amides is 1. The number of nitrogens with one attached hydrogen (secondary N) is 1. The average molecular weight is 472 g/mol. The van der Waals surface area contributed by atoms with Crippen molar-refractivity contribution >= 4 is 27.5 Å². The first-order valence-corrected chi connectivity index (χ1v) is 13.3. The van der Waals surface area contributed by atoms with Crippen LogP contribution in [0.2, 0.25) is 0 Å². The first kappa shape index (κ1) is 21.1. The Labute approximate surface area is 199 Å². The SMILES string of the molecule is O=C(C1=C2C=CNC2CN=C1)N1CCC(=C2c3ccccc3CS(=O)(=O)c3ccccc32)CC1. The molecule has 6 nitrogen and oxygen atoms in total. The first-order valence-electron chi connectivity index (χ1n) is 11.6. The van der Waals surface area contributed by atoms with Crippen molar-refractivity contribution in [3.8, 4) is 0 Å². The molecule has 0 bridgehead atoms. The quantitative estimate of drug-likeness (QED) is 0.693. The highest BCUT2D eigenvalue weighted by Gasteiger charge is 2.32. The lowest BCUT2D eigenvalue weighted by atomic mass is 9.86. The number of piperidine rings is 1. The van der Waals surface area contributed by atoms with Crippen LogP contribution in [-0.2, 0) is 20.4 Å². The second-order valence-electron chi connectivity index (χ2n) is 9.10. The third kappa shape index (κ3) is 3.42. The Kier molecular flexibility index (Phi) is 5.03. The van der Waals surface area contributed by atoms with Crippen LogP contribution in [0.15, 0.2) is 87.4 Å². The molecular weight excluding hydrogens is 446 g/mol. The lowest BCUT2D eigenvalue weighted by molar-refractivity contribution is -0.127. The number of likely N-dealkylation sites (tertiary alicyclic amines) is 1. The maximum atomic E-state index is 13.3. The van der Waals surface area contributed by atoms with E-state index in [0.717, 1.165) is 27.8 Å². The molecule has 4 aliphatic heterocycles. The van der Waals surface area contributed by atoms with Crippen LogP contribution in [-0.4, -0.2) is 51.1 Å². The molecule has 0 aliphatic carbocycles. The summed E-state index contributed by atoms with van der Waals surface area (Å²) >= 11 is 0. The summed E-state index contributed by atoms with van der Waals surface area (Å²) in [7, 11) is -3.44. The van der Waals surface area contributed by atoms with Gasteiger partial charge in [0.15, 0.2) is 9.84 Å². The van der Waals surface area contributed by atoms with Crippen LogP contribution in [0, 0.1) is 0 Å². The Morgan fingerprint density at radius 2 is 1.74 bits per heavy atom. The fourth-order valence-electron chi connectivity index (χ4n) is 5.43. The van der Waals surface area contributed by atoms with Gasteiger partial charge in [0.05, 0.1) is 28.8 Å². The highest BCUT2D eigenvalue weighted by Crippen LogP contribution is 2.41. The normalized spacial score (nSPS) is 22.6. The van der Waals surface area contributed by atoms with Crippen molar-refractivity contribution < 1.29 is 13.2 Å². The predicted molar refractivity (Wildman–Crippen MR) is 132 cm³/mol. The van der Waals surface area contributed by atoms with Gasteiger partial charge in [0.1, 0.15) is 0 Å². The summed E-state index contributed by atoms with van der Waals surface area (Å²) in [4.78, 5) is 20.0. The Morgan fingerprint density at radius 3 is 2.56 bits per heavy atom. The molecule has 2 aromatic rings. The molecule has 2 aromatic carbocycles. The van der Waals surface area contributed by atoms with E-state index in [-0.39, 0.29) is 17.7 Å². The van der Waals surface area contributed by atoms with Crippen molar-refractivity contribution in [2.24, 2.45) is 4.99 Å². The van der Waals surface area contributed by atoms with Crippen molar-refractivity contribution in [3.05, 3.63) is 94.2 Å². The van der Waals surface area contributed by atoms with Gasteiger partial charge in [-0.3, -0.25) is 9.79 Å². The lowest BCUT2D eigenvalue weighted by Gasteiger charge is -2.32. The topological polar surface area (TPSA) is 78.8 Å². The van der Waals surface area contributed by atoms with E-state index in [1.807, 2.05) is 53.6 Å².